The molecule has 0 bridgehead atoms. The van der Waals surface area contributed by atoms with Gasteiger partial charge in [0.2, 0.25) is 11.6 Å². The van der Waals surface area contributed by atoms with Gasteiger partial charge in [-0.2, -0.15) is 18.4 Å². The molecule has 36 heavy (non-hydrogen) atoms. The van der Waals surface area contributed by atoms with E-state index < -0.39 is 40.2 Å². The van der Waals surface area contributed by atoms with Gasteiger partial charge in [0.25, 0.3) is 0 Å². The number of alkyl halides is 3. The first-order valence-corrected chi connectivity index (χ1v) is 10.6. The fraction of sp³-hybridized carbons (Fsp3) is 0.208. The highest BCUT2D eigenvalue weighted by Crippen LogP contribution is 2.35. The Morgan fingerprint density at radius 1 is 1.19 bits per heavy atom. The van der Waals surface area contributed by atoms with Crippen molar-refractivity contribution >= 4 is 23.1 Å². The Morgan fingerprint density at radius 3 is 2.47 bits per heavy atom. The molecule has 0 spiro atoms. The fourth-order valence-corrected chi connectivity index (χ4v) is 3.51. The van der Waals surface area contributed by atoms with Gasteiger partial charge >= 0.3 is 11.9 Å². The van der Waals surface area contributed by atoms with Crippen LogP contribution in [-0.4, -0.2) is 21.8 Å². The van der Waals surface area contributed by atoms with Crippen LogP contribution in [-0.2, 0) is 11.0 Å². The van der Waals surface area contributed by atoms with Crippen molar-refractivity contribution in [2.45, 2.75) is 32.0 Å². The summed E-state index contributed by atoms with van der Waals surface area (Å²) in [6, 6.07) is 11.8. The number of hydrogen-bond acceptors (Lipinski definition) is 7. The van der Waals surface area contributed by atoms with Gasteiger partial charge in [-0.15, -0.1) is 0 Å². The van der Waals surface area contributed by atoms with Gasteiger partial charge in [0.15, 0.2) is 11.9 Å². The smallest absolute Gasteiger partial charge is 0.417 e. The van der Waals surface area contributed by atoms with E-state index in [0.29, 0.717) is 6.20 Å². The predicted octanol–water partition coefficient (Wildman–Crippen LogP) is 6.41. The number of rotatable bonds is 8. The fourth-order valence-electron chi connectivity index (χ4n) is 3.17. The summed E-state index contributed by atoms with van der Waals surface area (Å²) < 4.78 is 49.1. The molecule has 0 aliphatic carbocycles. The number of carbonyl (C=O) groups excluding carboxylic acids is 1. The van der Waals surface area contributed by atoms with E-state index in [0.717, 1.165) is 29.8 Å². The lowest BCUT2D eigenvalue weighted by atomic mass is 9.92. The first-order chi connectivity index (χ1) is 16.9. The molecule has 0 N–H and O–H groups in total. The van der Waals surface area contributed by atoms with Crippen molar-refractivity contribution in [2.75, 3.05) is 0 Å². The summed E-state index contributed by atoms with van der Waals surface area (Å²) in [7, 11) is 0. The molecule has 1 aromatic heterocycles. The van der Waals surface area contributed by atoms with E-state index in [2.05, 4.69) is 4.98 Å². The number of ether oxygens (including phenoxy) is 2. The van der Waals surface area contributed by atoms with Crippen molar-refractivity contribution in [1.82, 2.24) is 4.98 Å². The number of Topliss-reactive ketones (excluding diaryl/α,β-unsaturated/α-hetero) is 1. The zero-order chi connectivity index (χ0) is 26.6. The van der Waals surface area contributed by atoms with Crippen LogP contribution in [0.15, 0.2) is 54.7 Å². The molecule has 3 rings (SSSR count). The number of nitro benzene ring substituents is 1. The van der Waals surface area contributed by atoms with Crippen LogP contribution in [0.5, 0.6) is 17.4 Å². The monoisotopic (exact) mass is 519 g/mol. The average molecular weight is 520 g/mol. The van der Waals surface area contributed by atoms with Crippen LogP contribution in [0.3, 0.4) is 0 Å². The number of nitriles is 1. The number of hydrogen-bond donors (Lipinski definition) is 0. The summed E-state index contributed by atoms with van der Waals surface area (Å²) in [5.74, 6) is -2.57. The minimum absolute atomic E-state index is 0.0408. The number of ketones is 1. The summed E-state index contributed by atoms with van der Waals surface area (Å²) in [5.41, 5.74) is -0.378. The van der Waals surface area contributed by atoms with Crippen LogP contribution in [0.4, 0.5) is 18.9 Å². The highest BCUT2D eigenvalue weighted by atomic mass is 35.5. The zero-order valence-corrected chi connectivity index (χ0v) is 19.5. The topological polar surface area (TPSA) is 115 Å². The Labute approximate surface area is 208 Å². The Balaban J connectivity index is 1.85. The van der Waals surface area contributed by atoms with E-state index in [9.17, 15) is 33.3 Å². The number of benzene rings is 2. The Hall–Kier alpha value is -4.17. The number of halogens is 4. The lowest BCUT2D eigenvalue weighted by molar-refractivity contribution is -0.386. The quantitative estimate of drug-likeness (QED) is 0.249. The molecule has 0 amide bonds. The Bertz CT molecular complexity index is 1340. The van der Waals surface area contributed by atoms with E-state index >= 15 is 0 Å². The van der Waals surface area contributed by atoms with Gasteiger partial charge < -0.3 is 9.47 Å². The van der Waals surface area contributed by atoms with Crippen LogP contribution < -0.4 is 9.47 Å². The zero-order valence-electron chi connectivity index (χ0n) is 18.7. The summed E-state index contributed by atoms with van der Waals surface area (Å²) >= 11 is 6.19. The number of carbonyl (C=O) groups is 1. The van der Waals surface area contributed by atoms with Crippen molar-refractivity contribution in [2.24, 2.45) is 0 Å². The molecule has 0 aliphatic heterocycles. The van der Waals surface area contributed by atoms with Gasteiger partial charge in [-0.1, -0.05) is 23.7 Å². The third-order valence-electron chi connectivity index (χ3n) is 5.00. The minimum Gasteiger partial charge on any atom is -0.476 e. The summed E-state index contributed by atoms with van der Waals surface area (Å²) in [4.78, 5) is 27.3. The second-order valence-corrected chi connectivity index (χ2v) is 8.03. The summed E-state index contributed by atoms with van der Waals surface area (Å²) in [6.45, 7) is 3.11. The van der Waals surface area contributed by atoms with Gasteiger partial charge in [-0.3, -0.25) is 14.9 Å². The van der Waals surface area contributed by atoms with Gasteiger partial charge in [-0.05, 0) is 43.2 Å². The lowest BCUT2D eigenvalue weighted by Gasteiger charge is -2.18. The van der Waals surface area contributed by atoms with Crippen LogP contribution in [0, 0.1) is 28.4 Å². The molecule has 2 aromatic carbocycles. The van der Waals surface area contributed by atoms with Crippen LogP contribution >= 0.6 is 11.6 Å². The molecule has 186 valence electrons. The van der Waals surface area contributed by atoms with Gasteiger partial charge in [0.1, 0.15) is 11.7 Å². The van der Waals surface area contributed by atoms with Gasteiger partial charge in [0, 0.05) is 29.4 Å². The normalized spacial score (nSPS) is 12.8. The molecule has 0 fully saturated rings. The van der Waals surface area contributed by atoms with Crippen LogP contribution in [0.1, 0.15) is 29.5 Å². The van der Waals surface area contributed by atoms with E-state index in [4.69, 9.17) is 21.1 Å². The molecule has 0 saturated carbocycles. The van der Waals surface area contributed by atoms with Crippen molar-refractivity contribution in [1.29, 1.82) is 5.26 Å². The van der Waals surface area contributed by atoms with Gasteiger partial charge in [-0.25, -0.2) is 4.98 Å². The first-order valence-electron chi connectivity index (χ1n) is 10.3. The first kappa shape index (κ1) is 26.4. The number of pyridine rings is 1. The maximum atomic E-state index is 13.0. The highest BCUT2D eigenvalue weighted by Gasteiger charge is 2.32. The molecule has 0 radical (unpaired) electrons. The van der Waals surface area contributed by atoms with E-state index in [-0.39, 0.29) is 28.0 Å². The van der Waals surface area contributed by atoms with E-state index in [1.165, 1.54) is 13.0 Å². The molecule has 2 unspecified atom stereocenters. The Kier molecular flexibility index (Phi) is 7.80. The van der Waals surface area contributed by atoms with Crippen molar-refractivity contribution in [3.8, 4) is 23.4 Å². The van der Waals surface area contributed by atoms with Crippen molar-refractivity contribution < 1.29 is 32.4 Å². The third-order valence-corrected chi connectivity index (χ3v) is 5.33. The molecule has 0 saturated heterocycles. The molecular weight excluding hydrogens is 503 g/mol. The van der Waals surface area contributed by atoms with Crippen molar-refractivity contribution in [3.05, 3.63) is 86.6 Å². The van der Waals surface area contributed by atoms with E-state index in [1.807, 2.05) is 6.07 Å². The molecule has 2 atom stereocenters. The Morgan fingerprint density at radius 2 is 1.92 bits per heavy atom. The summed E-state index contributed by atoms with van der Waals surface area (Å²) in [5, 5.41) is 21.3. The third kappa shape index (κ3) is 6.09. The van der Waals surface area contributed by atoms with Crippen molar-refractivity contribution in [3.63, 3.8) is 0 Å². The maximum absolute atomic E-state index is 13.0. The van der Waals surface area contributed by atoms with Crippen LogP contribution in [0.2, 0.25) is 5.02 Å². The second-order valence-electron chi connectivity index (χ2n) is 7.62. The number of nitrogens with zero attached hydrogens (tertiary/aromatic N) is 3. The SMILES string of the molecule is Cc1ccc(C(C#N)C(=O)C(C)Oc2cc(Oc3ccc(C(F)(F)F)cn3)ccc2[N+](=O)[O-])c(Cl)c1. The molecule has 0 aliphatic rings. The van der Waals surface area contributed by atoms with E-state index in [1.54, 1.807) is 25.1 Å². The predicted molar refractivity (Wildman–Crippen MR) is 122 cm³/mol. The minimum atomic E-state index is -4.58. The molecule has 8 nitrogen and oxygen atoms in total. The molecule has 1 heterocycles. The molecule has 3 aromatic rings. The largest absolute Gasteiger partial charge is 0.476 e. The number of nitro groups is 1. The maximum Gasteiger partial charge on any atom is 0.417 e. The summed E-state index contributed by atoms with van der Waals surface area (Å²) in [6.07, 6.45) is -5.30. The lowest BCUT2D eigenvalue weighted by Crippen LogP contribution is -2.29. The van der Waals surface area contributed by atoms with Gasteiger partial charge in [0.05, 0.1) is 16.6 Å². The highest BCUT2D eigenvalue weighted by molar-refractivity contribution is 6.31. The second kappa shape index (κ2) is 10.6. The number of aryl methyl sites for hydroxylation is 1. The standard InChI is InChI=1S/C24H17ClF3N3O5/c1-13-3-6-17(19(25)9-13)18(11-29)23(32)14(2)35-21-10-16(5-7-20(21)31(33)34)36-22-8-4-15(12-30-22)24(26,27)28/h3-10,12,14,18H,1-2H3. The molecule has 12 heteroatoms. The molecular formula is C24H17ClF3N3O5. The number of aromatic nitrogens is 1. The van der Waals surface area contributed by atoms with Crippen LogP contribution in [0.25, 0.3) is 0 Å². The average Bonchev–Trinajstić information content (AvgIpc) is 2.80.